The number of nitrogens with two attached hydrogens (primary N) is 1. The SMILES string of the molecule is CN(C)[C@@H](C(=O)Cc1nnc(N[C@@H]2CCN(c3cccnn3)C2)s1)c1cccc(OC(F)F)c1.CN(C)[C@H](C(=O)Cc1nnc(N[C@@H]2CCN(c3cccnn3)C2)s1)c1cccc(OC(F)F)c1.Nc1nnc(N[C@@H]2CCN(c3cccnn3)C2)s1. The Bertz CT molecular complexity index is 3220. The van der Waals surface area contributed by atoms with Gasteiger partial charge in [-0.1, -0.05) is 58.3 Å². The lowest BCUT2D eigenvalue weighted by Gasteiger charge is -2.23. The molecule has 454 valence electrons. The number of carbonyl (C=O) groups is 2. The quantitative estimate of drug-likeness (QED) is 0.0486. The van der Waals surface area contributed by atoms with Gasteiger partial charge in [-0.3, -0.25) is 19.4 Å². The molecule has 3 fully saturated rings. The molecule has 0 spiro atoms. The summed E-state index contributed by atoms with van der Waals surface area (Å²) in [6, 6.07) is 23.3. The summed E-state index contributed by atoms with van der Waals surface area (Å²) in [4.78, 5) is 36.2. The number of ether oxygens (including phenoxy) is 2. The molecule has 3 saturated heterocycles. The summed E-state index contributed by atoms with van der Waals surface area (Å²) in [6.07, 6.45) is 8.02. The first-order valence-electron chi connectivity index (χ1n) is 27.2. The van der Waals surface area contributed by atoms with Crippen molar-refractivity contribution in [1.29, 1.82) is 0 Å². The Kier molecular flexibility index (Phi) is 21.7. The van der Waals surface area contributed by atoms with Crippen LogP contribution in [-0.2, 0) is 22.4 Å². The summed E-state index contributed by atoms with van der Waals surface area (Å²) in [7, 11) is 7.05. The van der Waals surface area contributed by atoms with E-state index in [0.29, 0.717) is 42.6 Å². The monoisotopic (exact) mass is 1240 g/mol. The van der Waals surface area contributed by atoms with E-state index in [1.165, 1.54) is 58.3 Å². The molecule has 0 amide bonds. The molecule has 11 rings (SSSR count). The summed E-state index contributed by atoms with van der Waals surface area (Å²) in [5, 5.41) is 62.5. The molecule has 0 radical (unpaired) electrons. The number of nitrogens with one attached hydrogen (secondary N) is 3. The lowest BCUT2D eigenvalue weighted by molar-refractivity contribution is -0.123. The fourth-order valence-corrected chi connectivity index (χ4v) is 12.2. The molecule has 32 heteroatoms. The summed E-state index contributed by atoms with van der Waals surface area (Å²) < 4.78 is 59.3. The molecule has 2 aromatic carbocycles. The third kappa shape index (κ3) is 17.8. The standard InChI is InChI=1S/2C22H25F2N7O2S.C10H13N7S/c2*1-30(2)20(14-5-3-6-16(11-14)33-21(23)24)17(32)12-19-28-29-22(34-19)26-15-8-10-31(13-15)18-7-4-9-25-27-18;11-9-15-16-10(18-9)13-7-3-5-17(6-7)8-2-1-4-12-14-8/h2*3-7,9,11,15,20-21H,8,10,12-13H2,1-2H3,(H,26,29);1-2,4,7H,3,5-6H2,(H2,11,15)(H,13,16)/t15-,20+;15-,20-;7-/m111/s1. The van der Waals surface area contributed by atoms with Crippen LogP contribution in [0.25, 0.3) is 0 Å². The van der Waals surface area contributed by atoms with Gasteiger partial charge in [-0.25, -0.2) is 0 Å². The van der Waals surface area contributed by atoms with Crippen molar-refractivity contribution in [2.45, 2.75) is 75.5 Å². The first-order valence-corrected chi connectivity index (χ1v) is 29.6. The number of aromatic nitrogens is 12. The van der Waals surface area contributed by atoms with Gasteiger partial charge in [-0.05, 0) is 119 Å². The maximum absolute atomic E-state index is 13.1. The second-order valence-electron chi connectivity index (χ2n) is 20.3. The number of hydrogen-bond donors (Lipinski definition) is 4. The van der Waals surface area contributed by atoms with Gasteiger partial charge in [-0.15, -0.1) is 45.9 Å². The predicted molar refractivity (Wildman–Crippen MR) is 319 cm³/mol. The number of ketones is 2. The van der Waals surface area contributed by atoms with Crippen molar-refractivity contribution in [3.63, 3.8) is 0 Å². The van der Waals surface area contributed by atoms with E-state index in [4.69, 9.17) is 5.73 Å². The van der Waals surface area contributed by atoms with Gasteiger partial charge in [0.15, 0.2) is 29.0 Å². The minimum Gasteiger partial charge on any atom is -0.435 e. The number of benzene rings is 2. The molecule has 0 unspecified atom stereocenters. The van der Waals surface area contributed by atoms with Crippen LogP contribution in [0.1, 0.15) is 52.5 Å². The maximum atomic E-state index is 13.1. The Morgan fingerprint density at radius 1 is 0.535 bits per heavy atom. The fraction of sp³-hybridized carbons (Fsp3) is 0.407. The van der Waals surface area contributed by atoms with E-state index in [1.807, 2.05) is 36.4 Å². The van der Waals surface area contributed by atoms with Gasteiger partial charge in [0, 0.05) is 76.0 Å². The van der Waals surface area contributed by atoms with Crippen LogP contribution >= 0.6 is 34.0 Å². The van der Waals surface area contributed by atoms with Crippen LogP contribution < -0.4 is 45.9 Å². The third-order valence-corrected chi connectivity index (χ3v) is 16.1. The Balaban J connectivity index is 0.000000161. The molecular formula is C54H63F4N21O4S3. The van der Waals surface area contributed by atoms with E-state index < -0.39 is 25.3 Å². The van der Waals surface area contributed by atoms with Crippen molar-refractivity contribution >= 4 is 83.6 Å². The molecule has 3 aliphatic heterocycles. The number of halogens is 4. The average Bonchev–Trinajstić information content (AvgIpc) is 3.78. The van der Waals surface area contributed by atoms with E-state index in [9.17, 15) is 27.2 Å². The smallest absolute Gasteiger partial charge is 0.387 e. The molecule has 25 nitrogen and oxygen atoms in total. The predicted octanol–water partition coefficient (Wildman–Crippen LogP) is 6.67. The molecule has 9 heterocycles. The number of alkyl halides is 4. The Hall–Kier alpha value is -8.46. The van der Waals surface area contributed by atoms with Crippen LogP contribution in [0, 0.1) is 0 Å². The number of nitrogens with zero attached hydrogens (tertiary/aromatic N) is 17. The lowest BCUT2D eigenvalue weighted by atomic mass is 9.99. The van der Waals surface area contributed by atoms with Crippen molar-refractivity contribution in [1.82, 2.24) is 71.0 Å². The van der Waals surface area contributed by atoms with Gasteiger partial charge in [0.1, 0.15) is 21.5 Å². The Morgan fingerprint density at radius 2 is 0.907 bits per heavy atom. The molecule has 5 atom stereocenters. The van der Waals surface area contributed by atoms with E-state index in [0.717, 1.165) is 81.1 Å². The highest BCUT2D eigenvalue weighted by Gasteiger charge is 2.30. The summed E-state index contributed by atoms with van der Waals surface area (Å²) >= 11 is 4.05. The molecule has 8 aromatic rings. The van der Waals surface area contributed by atoms with Crippen LogP contribution in [0.3, 0.4) is 0 Å². The Morgan fingerprint density at radius 3 is 1.23 bits per heavy atom. The highest BCUT2D eigenvalue weighted by molar-refractivity contribution is 7.18. The van der Waals surface area contributed by atoms with Gasteiger partial charge < -0.3 is 45.9 Å². The van der Waals surface area contributed by atoms with E-state index in [-0.39, 0.29) is 48.0 Å². The average molecular weight is 1240 g/mol. The molecular weight excluding hydrogens is 1180 g/mol. The van der Waals surface area contributed by atoms with Crippen LogP contribution in [-0.4, -0.2) is 181 Å². The van der Waals surface area contributed by atoms with Crippen LogP contribution in [0.4, 0.5) is 55.5 Å². The summed E-state index contributed by atoms with van der Waals surface area (Å²) in [6.45, 7) is -0.743. The Labute approximate surface area is 504 Å². The number of Topliss-reactive ketones (excluding diaryl/α,β-unsaturated/α-hetero) is 2. The first-order chi connectivity index (χ1) is 41.6. The van der Waals surface area contributed by atoms with E-state index in [1.54, 1.807) is 80.8 Å². The zero-order valence-electron chi connectivity index (χ0n) is 47.2. The minimum atomic E-state index is -2.93. The second kappa shape index (κ2) is 30.1. The number of rotatable bonds is 23. The van der Waals surface area contributed by atoms with Crippen molar-refractivity contribution in [3.8, 4) is 11.5 Å². The number of hydrogen-bond acceptors (Lipinski definition) is 28. The molecule has 0 bridgehead atoms. The number of likely N-dealkylation sites (N-methyl/N-ethyl adjacent to an activating group) is 2. The van der Waals surface area contributed by atoms with Gasteiger partial charge >= 0.3 is 13.2 Å². The molecule has 6 aromatic heterocycles. The summed E-state index contributed by atoms with van der Waals surface area (Å²) in [5.74, 6) is 2.40. The van der Waals surface area contributed by atoms with Gasteiger partial charge in [-0.2, -0.15) is 32.9 Å². The molecule has 5 N–H and O–H groups in total. The minimum absolute atomic E-state index is 0.0154. The van der Waals surface area contributed by atoms with Crippen molar-refractivity contribution in [2.24, 2.45) is 0 Å². The fourth-order valence-electron chi connectivity index (χ4n) is 9.99. The van der Waals surface area contributed by atoms with Gasteiger partial charge in [0.25, 0.3) is 0 Å². The normalized spacial score (nSPS) is 17.3. The highest BCUT2D eigenvalue weighted by Crippen LogP contribution is 2.31. The molecule has 0 saturated carbocycles. The van der Waals surface area contributed by atoms with Gasteiger partial charge in [0.2, 0.25) is 20.5 Å². The second-order valence-corrected chi connectivity index (χ2v) is 23.5. The van der Waals surface area contributed by atoms with Gasteiger partial charge in [0.05, 0.1) is 24.9 Å². The molecule has 86 heavy (non-hydrogen) atoms. The summed E-state index contributed by atoms with van der Waals surface area (Å²) in [5.41, 5.74) is 6.70. The van der Waals surface area contributed by atoms with Crippen LogP contribution in [0.2, 0.25) is 0 Å². The largest absolute Gasteiger partial charge is 0.435 e. The zero-order chi connectivity index (χ0) is 60.5. The molecule has 3 aliphatic rings. The highest BCUT2D eigenvalue weighted by atomic mass is 32.1. The van der Waals surface area contributed by atoms with Crippen molar-refractivity contribution < 1.29 is 36.6 Å². The van der Waals surface area contributed by atoms with E-state index in [2.05, 4.69) is 101 Å². The van der Waals surface area contributed by atoms with Crippen molar-refractivity contribution in [3.05, 3.63) is 125 Å². The lowest BCUT2D eigenvalue weighted by Crippen LogP contribution is -2.29. The topological polar surface area (TPSA) is 286 Å². The number of nitrogen functional groups attached to an aromatic ring is 1. The van der Waals surface area contributed by atoms with Crippen LogP contribution in [0.15, 0.2) is 104 Å². The van der Waals surface area contributed by atoms with E-state index >= 15 is 0 Å². The zero-order valence-corrected chi connectivity index (χ0v) is 49.6. The number of anilines is 7. The van der Waals surface area contributed by atoms with Crippen LogP contribution in [0.5, 0.6) is 11.5 Å². The maximum Gasteiger partial charge on any atom is 0.387 e. The van der Waals surface area contributed by atoms with Crippen molar-refractivity contribution in [2.75, 3.05) is 104 Å². The first kappa shape index (κ1) is 62.1. The number of carbonyl (C=O) groups excluding carboxylic acids is 2. The molecule has 0 aliphatic carbocycles. The third-order valence-electron chi connectivity index (χ3n) is 13.7.